The van der Waals surface area contributed by atoms with Crippen molar-refractivity contribution in [2.24, 2.45) is 0 Å². The quantitative estimate of drug-likeness (QED) is 0.812. The number of halogens is 2. The number of benzene rings is 2. The highest BCUT2D eigenvalue weighted by Gasteiger charge is 2.11. The van der Waals surface area contributed by atoms with Crippen molar-refractivity contribution in [2.45, 2.75) is 13.3 Å². The fourth-order valence-corrected chi connectivity index (χ4v) is 2.29. The molecule has 0 unspecified atom stereocenters. The highest BCUT2D eigenvalue weighted by Crippen LogP contribution is 2.30. The Labute approximate surface area is 127 Å². The number of aryl methyl sites for hydroxylation is 1. The normalized spacial score (nSPS) is 10.4. The first-order valence-electron chi connectivity index (χ1n) is 5.99. The molecule has 2 rings (SSSR count). The van der Waals surface area contributed by atoms with Crippen LogP contribution in [0.15, 0.2) is 36.4 Å². The Morgan fingerprint density at radius 3 is 2.75 bits per heavy atom. The van der Waals surface area contributed by atoms with E-state index in [-0.39, 0.29) is 22.2 Å². The number of thiol groups is 1. The molecule has 104 valence electrons. The van der Waals surface area contributed by atoms with Gasteiger partial charge in [0.1, 0.15) is 5.82 Å². The number of carbonyl (C=O) groups is 1. The number of carbonyl (C=O) groups excluding carboxylic acids is 1. The first-order chi connectivity index (χ1) is 9.47. The van der Waals surface area contributed by atoms with Crippen LogP contribution in [-0.2, 0) is 11.2 Å². The summed E-state index contributed by atoms with van der Waals surface area (Å²) in [6, 6.07) is 10.0. The molecule has 0 saturated heterocycles. The van der Waals surface area contributed by atoms with Crippen molar-refractivity contribution in [2.75, 3.05) is 5.32 Å². The van der Waals surface area contributed by atoms with E-state index in [1.807, 2.05) is 19.1 Å². The molecule has 20 heavy (non-hydrogen) atoms. The molecule has 0 aliphatic rings. The van der Waals surface area contributed by atoms with Crippen LogP contribution < -0.4 is 5.32 Å². The SMILES string of the molecule is Cc1ccc(Nc2c(F)cccc2Cl)c(CC(=O)S)c1. The Bertz CT molecular complexity index is 640. The third-order valence-corrected chi connectivity index (χ3v) is 3.30. The number of hydrogen-bond donors (Lipinski definition) is 2. The van der Waals surface area contributed by atoms with Crippen molar-refractivity contribution in [3.63, 3.8) is 0 Å². The molecule has 0 bridgehead atoms. The molecule has 0 aliphatic carbocycles. The van der Waals surface area contributed by atoms with Crippen molar-refractivity contribution in [3.05, 3.63) is 58.4 Å². The van der Waals surface area contributed by atoms with Crippen LogP contribution >= 0.6 is 24.2 Å². The molecule has 2 aromatic carbocycles. The summed E-state index contributed by atoms with van der Waals surface area (Å²) in [7, 11) is 0. The Hall–Kier alpha value is -1.52. The molecule has 2 aromatic rings. The molecule has 0 radical (unpaired) electrons. The zero-order valence-electron chi connectivity index (χ0n) is 10.8. The Morgan fingerprint density at radius 1 is 1.35 bits per heavy atom. The van der Waals surface area contributed by atoms with E-state index in [9.17, 15) is 9.18 Å². The molecule has 0 heterocycles. The smallest absolute Gasteiger partial charge is 0.190 e. The van der Waals surface area contributed by atoms with Gasteiger partial charge in [-0.2, -0.15) is 0 Å². The van der Waals surface area contributed by atoms with Gasteiger partial charge < -0.3 is 5.32 Å². The molecule has 0 aliphatic heterocycles. The molecule has 0 atom stereocenters. The van der Waals surface area contributed by atoms with Crippen LogP contribution in [0.25, 0.3) is 0 Å². The topological polar surface area (TPSA) is 29.1 Å². The van der Waals surface area contributed by atoms with Gasteiger partial charge in [0.2, 0.25) is 0 Å². The predicted molar refractivity (Wildman–Crippen MR) is 83.6 cm³/mol. The lowest BCUT2D eigenvalue weighted by Gasteiger charge is -2.14. The predicted octanol–water partition coefficient (Wildman–Crippen LogP) is 4.53. The van der Waals surface area contributed by atoms with Gasteiger partial charge in [0.05, 0.1) is 10.7 Å². The third kappa shape index (κ3) is 3.52. The summed E-state index contributed by atoms with van der Waals surface area (Å²) in [5.74, 6) is -0.443. The van der Waals surface area contributed by atoms with Gasteiger partial charge in [-0.3, -0.25) is 4.79 Å². The van der Waals surface area contributed by atoms with Gasteiger partial charge in [-0.1, -0.05) is 35.4 Å². The molecular weight excluding hydrogens is 297 g/mol. The number of hydrogen-bond acceptors (Lipinski definition) is 2. The zero-order valence-corrected chi connectivity index (χ0v) is 12.4. The van der Waals surface area contributed by atoms with E-state index in [0.717, 1.165) is 11.1 Å². The van der Waals surface area contributed by atoms with Gasteiger partial charge in [0.15, 0.2) is 5.12 Å². The minimum Gasteiger partial charge on any atom is -0.352 e. The van der Waals surface area contributed by atoms with Crippen LogP contribution in [0.4, 0.5) is 15.8 Å². The van der Waals surface area contributed by atoms with E-state index in [1.165, 1.54) is 12.1 Å². The fraction of sp³-hybridized carbons (Fsp3) is 0.133. The van der Waals surface area contributed by atoms with Crippen molar-refractivity contribution in [1.29, 1.82) is 0 Å². The van der Waals surface area contributed by atoms with Crippen LogP contribution in [0.2, 0.25) is 5.02 Å². The van der Waals surface area contributed by atoms with Crippen molar-refractivity contribution < 1.29 is 9.18 Å². The summed E-state index contributed by atoms with van der Waals surface area (Å²) in [6.07, 6.45) is 0.166. The Balaban J connectivity index is 2.40. The van der Waals surface area contributed by atoms with Gasteiger partial charge in [-0.05, 0) is 30.7 Å². The van der Waals surface area contributed by atoms with Crippen LogP contribution in [0.3, 0.4) is 0 Å². The third-order valence-electron chi connectivity index (χ3n) is 2.82. The number of para-hydroxylation sites is 1. The van der Waals surface area contributed by atoms with Crippen LogP contribution in [0, 0.1) is 12.7 Å². The first-order valence-corrected chi connectivity index (χ1v) is 6.82. The first kappa shape index (κ1) is 14.9. The second-order valence-corrected chi connectivity index (χ2v) is 5.36. The number of nitrogens with one attached hydrogen (secondary N) is 1. The van der Waals surface area contributed by atoms with E-state index in [2.05, 4.69) is 17.9 Å². The van der Waals surface area contributed by atoms with Gasteiger partial charge in [-0.25, -0.2) is 4.39 Å². The average molecular weight is 310 g/mol. The van der Waals surface area contributed by atoms with Crippen LogP contribution in [-0.4, -0.2) is 5.12 Å². The molecule has 0 aromatic heterocycles. The lowest BCUT2D eigenvalue weighted by molar-refractivity contribution is -0.110. The average Bonchev–Trinajstić information content (AvgIpc) is 2.35. The maximum atomic E-state index is 13.8. The zero-order chi connectivity index (χ0) is 14.7. The standard InChI is InChI=1S/C15H13ClFNOS/c1-9-5-6-13(10(7-9)8-14(19)20)18-15-11(16)3-2-4-12(15)17/h2-7,18H,8H2,1H3,(H,19,20). The maximum absolute atomic E-state index is 13.8. The maximum Gasteiger partial charge on any atom is 0.190 e. The summed E-state index contributed by atoms with van der Waals surface area (Å²) in [5, 5.41) is 2.98. The molecule has 0 saturated carbocycles. The monoisotopic (exact) mass is 309 g/mol. The van der Waals surface area contributed by atoms with E-state index in [4.69, 9.17) is 11.6 Å². The van der Waals surface area contributed by atoms with Gasteiger partial charge in [0.25, 0.3) is 0 Å². The van der Waals surface area contributed by atoms with Gasteiger partial charge in [-0.15, -0.1) is 12.6 Å². The fourth-order valence-electron chi connectivity index (χ4n) is 1.91. The van der Waals surface area contributed by atoms with E-state index >= 15 is 0 Å². The lowest BCUT2D eigenvalue weighted by atomic mass is 10.1. The largest absolute Gasteiger partial charge is 0.352 e. The van der Waals surface area contributed by atoms with Gasteiger partial charge >= 0.3 is 0 Å². The van der Waals surface area contributed by atoms with E-state index in [0.29, 0.717) is 5.69 Å². The summed E-state index contributed by atoms with van der Waals surface area (Å²) >= 11 is 9.78. The molecular formula is C15H13ClFNOS. The number of rotatable bonds is 4. The second kappa shape index (κ2) is 6.29. The molecule has 2 nitrogen and oxygen atoms in total. The molecule has 5 heteroatoms. The van der Waals surface area contributed by atoms with Crippen LogP contribution in [0.5, 0.6) is 0 Å². The van der Waals surface area contributed by atoms with Crippen molar-refractivity contribution >= 4 is 40.7 Å². The Morgan fingerprint density at radius 2 is 2.10 bits per heavy atom. The highest BCUT2D eigenvalue weighted by molar-refractivity contribution is 7.96. The molecule has 0 spiro atoms. The summed E-state index contributed by atoms with van der Waals surface area (Å²) in [4.78, 5) is 11.2. The molecule has 0 fully saturated rings. The summed E-state index contributed by atoms with van der Waals surface area (Å²) in [5.41, 5.74) is 2.61. The lowest BCUT2D eigenvalue weighted by Crippen LogP contribution is -2.02. The second-order valence-electron chi connectivity index (χ2n) is 4.45. The molecule has 0 amide bonds. The van der Waals surface area contributed by atoms with E-state index < -0.39 is 5.82 Å². The van der Waals surface area contributed by atoms with E-state index in [1.54, 1.807) is 12.1 Å². The van der Waals surface area contributed by atoms with Crippen LogP contribution in [0.1, 0.15) is 11.1 Å². The minimum absolute atomic E-state index is 0.166. The van der Waals surface area contributed by atoms with Crippen molar-refractivity contribution in [1.82, 2.24) is 0 Å². The molecule has 1 N–H and O–H groups in total. The minimum atomic E-state index is -0.443. The number of anilines is 2. The Kier molecular flexibility index (Phi) is 4.68. The highest BCUT2D eigenvalue weighted by atomic mass is 35.5. The summed E-state index contributed by atoms with van der Waals surface area (Å²) in [6.45, 7) is 1.92. The summed E-state index contributed by atoms with van der Waals surface area (Å²) < 4.78 is 13.8. The van der Waals surface area contributed by atoms with Crippen molar-refractivity contribution in [3.8, 4) is 0 Å². The van der Waals surface area contributed by atoms with Gasteiger partial charge in [0, 0.05) is 12.1 Å².